The second kappa shape index (κ2) is 4.49. The maximum atomic E-state index is 11.0. The minimum absolute atomic E-state index is 0.0854. The Labute approximate surface area is 87.8 Å². The second-order valence-electron chi connectivity index (χ2n) is 3.07. The molecule has 0 aliphatic carbocycles. The molecule has 6 heteroatoms. The molecular weight excluding hydrogens is 215 g/mol. The summed E-state index contributed by atoms with van der Waals surface area (Å²) in [5, 5.41) is 11.5. The number of hydrogen-bond acceptors (Lipinski definition) is 2. The predicted molar refractivity (Wildman–Crippen MR) is 59.6 cm³/mol. The van der Waals surface area contributed by atoms with Crippen LogP contribution in [0.1, 0.15) is 5.56 Å². The van der Waals surface area contributed by atoms with Gasteiger partial charge < -0.3 is 15.1 Å². The van der Waals surface area contributed by atoms with Gasteiger partial charge >= 0.3 is 7.67 Å². The van der Waals surface area contributed by atoms with Crippen molar-refractivity contribution in [2.45, 2.75) is 6.42 Å². The summed E-state index contributed by atoms with van der Waals surface area (Å²) in [6.45, 7) is 3.55. The zero-order chi connectivity index (χ0) is 11.5. The van der Waals surface area contributed by atoms with E-state index in [1.807, 2.05) is 0 Å². The third-order valence-corrected chi connectivity index (χ3v) is 2.30. The summed E-state index contributed by atoms with van der Waals surface area (Å²) in [7, 11) is -3.82. The summed E-state index contributed by atoms with van der Waals surface area (Å²) < 4.78 is 11.0. The van der Waals surface area contributed by atoms with Gasteiger partial charge in [0.1, 0.15) is 5.75 Å². The fourth-order valence-corrected chi connectivity index (χ4v) is 1.75. The number of benzene rings is 1. The number of phenolic OH excluding ortho intramolecular Hbond substituents is 1. The lowest BCUT2D eigenvalue weighted by atomic mass is 10.1. The molecule has 1 aromatic rings. The SMILES string of the molecule is C=CCc1cc(O)ccc1NP(N)(=O)O. The first kappa shape index (κ1) is 11.8. The van der Waals surface area contributed by atoms with Crippen molar-refractivity contribution in [1.29, 1.82) is 0 Å². The molecule has 0 saturated carbocycles. The van der Waals surface area contributed by atoms with Crippen LogP contribution in [0.4, 0.5) is 5.69 Å². The van der Waals surface area contributed by atoms with E-state index in [2.05, 4.69) is 11.7 Å². The lowest BCUT2D eigenvalue weighted by Crippen LogP contribution is -2.05. The molecule has 15 heavy (non-hydrogen) atoms. The maximum Gasteiger partial charge on any atom is 0.360 e. The summed E-state index contributed by atoms with van der Waals surface area (Å²) in [6, 6.07) is 4.38. The molecule has 1 atom stereocenters. The largest absolute Gasteiger partial charge is 0.508 e. The molecule has 0 heterocycles. The Kier molecular flexibility index (Phi) is 3.52. The summed E-state index contributed by atoms with van der Waals surface area (Å²) in [5.41, 5.74) is 6.06. The summed E-state index contributed by atoms with van der Waals surface area (Å²) in [6.07, 6.45) is 2.09. The number of allylic oxidation sites excluding steroid dienone is 1. The van der Waals surface area contributed by atoms with Crippen molar-refractivity contribution in [3.8, 4) is 5.75 Å². The van der Waals surface area contributed by atoms with Crippen LogP contribution >= 0.6 is 7.67 Å². The van der Waals surface area contributed by atoms with Gasteiger partial charge in [-0.2, -0.15) is 0 Å². The van der Waals surface area contributed by atoms with Crippen molar-refractivity contribution >= 4 is 13.4 Å². The Hall–Kier alpha value is -1.29. The Morgan fingerprint density at radius 3 is 2.80 bits per heavy atom. The summed E-state index contributed by atoms with van der Waals surface area (Å²) >= 11 is 0. The molecule has 82 valence electrons. The van der Waals surface area contributed by atoms with E-state index in [0.29, 0.717) is 17.7 Å². The number of nitrogens with two attached hydrogens (primary N) is 1. The standard InChI is InChI=1S/C9H13N2O3P/c1-2-3-7-6-8(12)4-5-9(7)11-15(10,13)14/h2,4-6,12H,1,3H2,(H4,10,11,13,14). The first-order chi connectivity index (χ1) is 6.92. The highest BCUT2D eigenvalue weighted by molar-refractivity contribution is 7.57. The van der Waals surface area contributed by atoms with E-state index in [0.717, 1.165) is 0 Å². The number of rotatable bonds is 4. The van der Waals surface area contributed by atoms with Crippen LogP contribution in [-0.2, 0) is 11.0 Å². The number of aromatic hydroxyl groups is 1. The Morgan fingerprint density at radius 2 is 2.27 bits per heavy atom. The van der Waals surface area contributed by atoms with Gasteiger partial charge in [-0.05, 0) is 30.2 Å². The third kappa shape index (κ3) is 3.75. The van der Waals surface area contributed by atoms with Gasteiger partial charge in [0.25, 0.3) is 0 Å². The topological polar surface area (TPSA) is 95.6 Å². The highest BCUT2D eigenvalue weighted by atomic mass is 31.2. The third-order valence-electron chi connectivity index (χ3n) is 1.73. The molecule has 1 unspecified atom stereocenters. The van der Waals surface area contributed by atoms with Gasteiger partial charge in [-0.3, -0.25) is 0 Å². The van der Waals surface area contributed by atoms with Gasteiger partial charge in [0, 0.05) is 5.69 Å². The van der Waals surface area contributed by atoms with E-state index in [4.69, 9.17) is 10.4 Å². The van der Waals surface area contributed by atoms with E-state index >= 15 is 0 Å². The highest BCUT2D eigenvalue weighted by Crippen LogP contribution is 2.34. The van der Waals surface area contributed by atoms with Crippen molar-refractivity contribution in [3.63, 3.8) is 0 Å². The number of nitrogens with one attached hydrogen (secondary N) is 1. The molecule has 1 rings (SSSR count). The molecule has 0 saturated heterocycles. The zero-order valence-electron chi connectivity index (χ0n) is 8.05. The van der Waals surface area contributed by atoms with E-state index < -0.39 is 7.67 Å². The first-order valence-electron chi connectivity index (χ1n) is 4.25. The lowest BCUT2D eigenvalue weighted by molar-refractivity contribution is 0.474. The van der Waals surface area contributed by atoms with E-state index in [-0.39, 0.29) is 5.75 Å². The molecule has 0 fully saturated rings. The first-order valence-corrected chi connectivity index (χ1v) is 5.97. The van der Waals surface area contributed by atoms with Gasteiger partial charge in [-0.15, -0.1) is 6.58 Å². The van der Waals surface area contributed by atoms with Crippen LogP contribution in [0.15, 0.2) is 30.9 Å². The molecule has 5 nitrogen and oxygen atoms in total. The average molecular weight is 228 g/mol. The number of hydrogen-bond donors (Lipinski definition) is 4. The molecule has 0 aliphatic heterocycles. The van der Waals surface area contributed by atoms with Crippen LogP contribution in [0.25, 0.3) is 0 Å². The van der Waals surface area contributed by atoms with E-state index in [9.17, 15) is 9.67 Å². The maximum absolute atomic E-state index is 11.0. The van der Waals surface area contributed by atoms with Crippen LogP contribution in [0, 0.1) is 0 Å². The van der Waals surface area contributed by atoms with Crippen molar-refractivity contribution in [1.82, 2.24) is 0 Å². The molecule has 0 bridgehead atoms. The molecule has 0 aliphatic rings. The zero-order valence-corrected chi connectivity index (χ0v) is 8.95. The Morgan fingerprint density at radius 1 is 1.60 bits per heavy atom. The van der Waals surface area contributed by atoms with E-state index in [1.54, 1.807) is 6.08 Å². The van der Waals surface area contributed by atoms with Crippen LogP contribution in [0.3, 0.4) is 0 Å². The monoisotopic (exact) mass is 228 g/mol. The molecule has 0 radical (unpaired) electrons. The van der Waals surface area contributed by atoms with Gasteiger partial charge in [-0.1, -0.05) is 6.08 Å². The van der Waals surface area contributed by atoms with Crippen molar-refractivity contribution < 1.29 is 14.6 Å². The van der Waals surface area contributed by atoms with Crippen LogP contribution in [0.5, 0.6) is 5.75 Å². The van der Waals surface area contributed by atoms with Crippen LogP contribution < -0.4 is 10.6 Å². The Balaban J connectivity index is 3.05. The molecule has 5 N–H and O–H groups in total. The van der Waals surface area contributed by atoms with Crippen molar-refractivity contribution in [2.24, 2.45) is 5.50 Å². The Bertz CT molecular complexity index is 414. The lowest BCUT2D eigenvalue weighted by Gasteiger charge is -2.13. The quantitative estimate of drug-likeness (QED) is 0.356. The second-order valence-corrected chi connectivity index (χ2v) is 4.54. The van der Waals surface area contributed by atoms with Crippen molar-refractivity contribution in [2.75, 3.05) is 5.09 Å². The highest BCUT2D eigenvalue weighted by Gasteiger charge is 2.12. The minimum Gasteiger partial charge on any atom is -0.508 e. The smallest absolute Gasteiger partial charge is 0.360 e. The van der Waals surface area contributed by atoms with Crippen LogP contribution in [0.2, 0.25) is 0 Å². The van der Waals surface area contributed by atoms with E-state index in [1.165, 1.54) is 18.2 Å². The van der Waals surface area contributed by atoms with Gasteiger partial charge in [-0.25, -0.2) is 10.1 Å². The molecule has 0 amide bonds. The fourth-order valence-electron chi connectivity index (χ4n) is 1.19. The van der Waals surface area contributed by atoms with Gasteiger partial charge in [0.05, 0.1) is 0 Å². The average Bonchev–Trinajstić information content (AvgIpc) is 2.08. The normalized spacial score (nSPS) is 14.3. The van der Waals surface area contributed by atoms with Crippen molar-refractivity contribution in [3.05, 3.63) is 36.4 Å². The van der Waals surface area contributed by atoms with Gasteiger partial charge in [0.2, 0.25) is 0 Å². The fraction of sp³-hybridized carbons (Fsp3) is 0.111. The number of anilines is 1. The predicted octanol–water partition coefficient (Wildman–Crippen LogP) is 1.59. The van der Waals surface area contributed by atoms with Gasteiger partial charge in [0.15, 0.2) is 0 Å². The minimum atomic E-state index is -3.82. The van der Waals surface area contributed by atoms with Crippen LogP contribution in [-0.4, -0.2) is 10.00 Å². The summed E-state index contributed by atoms with van der Waals surface area (Å²) in [4.78, 5) is 8.97. The molecule has 1 aromatic carbocycles. The molecule has 0 aromatic heterocycles. The number of phenols is 1. The molecule has 0 spiro atoms. The molecular formula is C9H13N2O3P. The summed E-state index contributed by atoms with van der Waals surface area (Å²) in [5.74, 6) is 0.0854.